The predicted octanol–water partition coefficient (Wildman–Crippen LogP) is 4.99. The number of hydrogen-bond donors (Lipinski definition) is 1. The molecule has 2 saturated carbocycles. The second kappa shape index (κ2) is 12.7. The van der Waals surface area contributed by atoms with Crippen molar-refractivity contribution >= 4 is 24.1 Å². The van der Waals surface area contributed by atoms with Crippen LogP contribution in [0.2, 0.25) is 0 Å². The minimum atomic E-state index is -0.476. The number of Topliss-reactive ketones (excluding diaryl/α,β-unsaturated/α-hetero) is 1. The van der Waals surface area contributed by atoms with Crippen molar-refractivity contribution in [3.05, 3.63) is 12.2 Å². The zero-order chi connectivity index (χ0) is 32.4. The van der Waals surface area contributed by atoms with E-state index in [2.05, 4.69) is 11.9 Å². The molecule has 43 heavy (non-hydrogen) atoms. The smallest absolute Gasteiger partial charge is 0.411 e. The third-order valence-electron chi connectivity index (χ3n) is 7.49. The molecule has 0 radical (unpaired) electrons. The van der Waals surface area contributed by atoms with Crippen LogP contribution in [-0.4, -0.2) is 108 Å². The third-order valence-corrected chi connectivity index (χ3v) is 7.49. The standard InChI is InChI=1S/C10H17NO2.C9H15NO2.C8H13NO3.C5H9N/c1-9(2,3)13-8(12)11-6-10(7-11)4-5-10;1-7-5-10(6-7)8(11)12-9(2,3)4;1-8(2,3)12-7(11)9-4-6(10)5-9;1-2-5(1)3-6-4-5/h4-7H2,1-3H3;1,5-6H2,2-4H3;4-5H2,1-3H3;6H,1-4H2. The number of carbonyl (C=O) groups is 4. The molecule has 0 atom stereocenters. The lowest BCUT2D eigenvalue weighted by atomic mass is 9.98. The van der Waals surface area contributed by atoms with Crippen LogP contribution in [0, 0.1) is 10.8 Å². The van der Waals surface area contributed by atoms with Gasteiger partial charge < -0.3 is 29.3 Å². The summed E-state index contributed by atoms with van der Waals surface area (Å²) in [5, 5.41) is 3.26. The van der Waals surface area contributed by atoms with E-state index in [9.17, 15) is 19.2 Å². The number of nitrogens with one attached hydrogen (secondary N) is 1. The van der Waals surface area contributed by atoms with Gasteiger partial charge in [-0.3, -0.25) is 9.69 Å². The lowest BCUT2D eigenvalue weighted by molar-refractivity contribution is -0.128. The van der Waals surface area contributed by atoms with E-state index in [1.165, 1.54) is 43.7 Å². The topological polar surface area (TPSA) is 118 Å². The van der Waals surface area contributed by atoms with Gasteiger partial charge in [0.2, 0.25) is 0 Å². The number of rotatable bonds is 0. The molecule has 11 heteroatoms. The molecule has 0 aromatic carbocycles. The molecule has 244 valence electrons. The number of likely N-dealkylation sites (tertiary alicyclic amines) is 3. The van der Waals surface area contributed by atoms with E-state index in [0.29, 0.717) is 18.5 Å². The number of amides is 3. The van der Waals surface area contributed by atoms with E-state index < -0.39 is 17.3 Å². The molecule has 6 fully saturated rings. The summed E-state index contributed by atoms with van der Waals surface area (Å²) in [7, 11) is 0. The van der Waals surface area contributed by atoms with Crippen molar-refractivity contribution in [1.29, 1.82) is 0 Å². The van der Waals surface area contributed by atoms with Crippen LogP contribution in [0.25, 0.3) is 0 Å². The van der Waals surface area contributed by atoms with Crippen molar-refractivity contribution in [3.63, 3.8) is 0 Å². The van der Waals surface area contributed by atoms with E-state index in [0.717, 1.165) is 24.1 Å². The Morgan fingerprint density at radius 2 is 0.977 bits per heavy atom. The van der Waals surface area contributed by atoms with Crippen molar-refractivity contribution in [1.82, 2.24) is 20.0 Å². The summed E-state index contributed by atoms with van der Waals surface area (Å²) < 4.78 is 15.4. The van der Waals surface area contributed by atoms with Crippen LogP contribution in [0.4, 0.5) is 14.4 Å². The van der Waals surface area contributed by atoms with Gasteiger partial charge in [0.15, 0.2) is 5.78 Å². The van der Waals surface area contributed by atoms with Crippen LogP contribution in [0.15, 0.2) is 12.2 Å². The van der Waals surface area contributed by atoms with Gasteiger partial charge in [-0.15, -0.1) is 0 Å². The second-order valence-electron chi connectivity index (χ2n) is 15.9. The Labute approximate surface area is 257 Å². The molecular formula is C32H54N4O7. The SMILES string of the molecule is C1CC12CNC2.C=C1CN(C(=O)OC(C)(C)C)C1.CC(C)(C)OC(=O)N1CC(=O)C1.CC(C)(C)OC(=O)N1CC2(CC2)C1. The van der Waals surface area contributed by atoms with Gasteiger partial charge in [0.1, 0.15) is 16.8 Å². The summed E-state index contributed by atoms with van der Waals surface area (Å²) in [6.45, 7) is 26.6. The third kappa shape index (κ3) is 11.7. The lowest BCUT2D eigenvalue weighted by Gasteiger charge is -2.40. The highest BCUT2D eigenvalue weighted by atomic mass is 16.6. The predicted molar refractivity (Wildman–Crippen MR) is 164 cm³/mol. The quantitative estimate of drug-likeness (QED) is 0.303. The summed E-state index contributed by atoms with van der Waals surface area (Å²) >= 11 is 0. The lowest BCUT2D eigenvalue weighted by Crippen LogP contribution is -2.52. The zero-order valence-electron chi connectivity index (χ0n) is 27.9. The van der Waals surface area contributed by atoms with E-state index in [1.54, 1.807) is 30.6 Å². The molecule has 0 bridgehead atoms. The van der Waals surface area contributed by atoms with Gasteiger partial charge in [-0.1, -0.05) is 6.58 Å². The second-order valence-corrected chi connectivity index (χ2v) is 15.9. The van der Waals surface area contributed by atoms with E-state index in [1.807, 2.05) is 41.5 Å². The molecule has 0 aromatic rings. The number of nitrogens with zero attached hydrogens (tertiary/aromatic N) is 3. The maximum Gasteiger partial charge on any atom is 0.411 e. The Morgan fingerprint density at radius 1 is 0.628 bits per heavy atom. The van der Waals surface area contributed by atoms with Crippen LogP contribution in [-0.2, 0) is 19.0 Å². The average Bonchev–Trinajstić information content (AvgIpc) is 3.63. The molecule has 6 rings (SSSR count). The minimum absolute atomic E-state index is 0.0841. The first-order chi connectivity index (χ1) is 19.6. The first-order valence-electron chi connectivity index (χ1n) is 15.4. The Balaban J connectivity index is 0.000000161. The molecule has 6 aliphatic rings. The van der Waals surface area contributed by atoms with Crippen molar-refractivity contribution in [2.24, 2.45) is 10.8 Å². The normalized spacial score (nSPS) is 21.9. The largest absolute Gasteiger partial charge is 0.444 e. The van der Waals surface area contributed by atoms with Crippen LogP contribution in [0.3, 0.4) is 0 Å². The van der Waals surface area contributed by atoms with Crippen LogP contribution in [0.1, 0.15) is 88.0 Å². The van der Waals surface area contributed by atoms with Gasteiger partial charge in [0.05, 0.1) is 13.1 Å². The van der Waals surface area contributed by atoms with Gasteiger partial charge in [0, 0.05) is 44.7 Å². The molecular weight excluding hydrogens is 552 g/mol. The van der Waals surface area contributed by atoms with E-state index >= 15 is 0 Å². The molecule has 2 aliphatic carbocycles. The minimum Gasteiger partial charge on any atom is -0.444 e. The zero-order valence-corrected chi connectivity index (χ0v) is 27.9. The summed E-state index contributed by atoms with van der Waals surface area (Å²) in [4.78, 5) is 49.2. The number of ether oxygens (including phenoxy) is 3. The van der Waals surface area contributed by atoms with Crippen molar-refractivity contribution in [3.8, 4) is 0 Å². The summed E-state index contributed by atoms with van der Waals surface area (Å²) in [5.74, 6) is 0.0841. The van der Waals surface area contributed by atoms with Crippen LogP contribution < -0.4 is 5.32 Å². The highest BCUT2D eigenvalue weighted by molar-refractivity contribution is 5.94. The molecule has 0 unspecified atom stereocenters. The fourth-order valence-corrected chi connectivity index (χ4v) is 4.51. The Bertz CT molecular complexity index is 997. The Morgan fingerprint density at radius 3 is 1.21 bits per heavy atom. The maximum absolute atomic E-state index is 11.5. The maximum atomic E-state index is 11.5. The van der Waals surface area contributed by atoms with Gasteiger partial charge in [-0.2, -0.15) is 0 Å². The van der Waals surface area contributed by atoms with Crippen LogP contribution in [0.5, 0.6) is 0 Å². The first kappa shape index (κ1) is 34.7. The first-order valence-corrected chi connectivity index (χ1v) is 15.4. The van der Waals surface area contributed by atoms with Crippen molar-refractivity contribution in [2.75, 3.05) is 52.4 Å². The Kier molecular flexibility index (Phi) is 10.2. The van der Waals surface area contributed by atoms with Crippen molar-refractivity contribution in [2.45, 2.75) is 105 Å². The molecule has 1 N–H and O–H groups in total. The molecule has 0 aromatic heterocycles. The molecule has 4 heterocycles. The monoisotopic (exact) mass is 606 g/mol. The number of hydrogen-bond acceptors (Lipinski definition) is 8. The highest BCUT2D eigenvalue weighted by Gasteiger charge is 2.54. The number of carbonyl (C=O) groups excluding carboxylic acids is 4. The van der Waals surface area contributed by atoms with Gasteiger partial charge in [-0.25, -0.2) is 14.4 Å². The molecule has 2 spiro atoms. The molecule has 4 aliphatic heterocycles. The fourth-order valence-electron chi connectivity index (χ4n) is 4.51. The van der Waals surface area contributed by atoms with Gasteiger partial charge >= 0.3 is 18.3 Å². The molecule has 3 amide bonds. The summed E-state index contributed by atoms with van der Waals surface area (Å²) in [5.41, 5.74) is 1.24. The van der Waals surface area contributed by atoms with Crippen LogP contribution >= 0.6 is 0 Å². The fraction of sp³-hybridized carbons (Fsp3) is 0.812. The van der Waals surface area contributed by atoms with Crippen molar-refractivity contribution < 1.29 is 33.4 Å². The van der Waals surface area contributed by atoms with Gasteiger partial charge in [0.25, 0.3) is 0 Å². The number of ketones is 1. The van der Waals surface area contributed by atoms with E-state index in [-0.39, 0.29) is 36.7 Å². The summed E-state index contributed by atoms with van der Waals surface area (Å²) in [6.07, 6.45) is 4.81. The van der Waals surface area contributed by atoms with E-state index in [4.69, 9.17) is 14.2 Å². The molecule has 4 saturated heterocycles. The average molecular weight is 607 g/mol. The van der Waals surface area contributed by atoms with Gasteiger partial charge in [-0.05, 0) is 99.0 Å². The molecule has 11 nitrogen and oxygen atoms in total. The summed E-state index contributed by atoms with van der Waals surface area (Å²) in [6, 6.07) is 0. The Hall–Kier alpha value is -2.82. The highest BCUT2D eigenvalue weighted by Crippen LogP contribution is 2.53.